The number of amides is 9. The standard InChI is InChI=1S/C49H77N15O12S2/c1-7-27(4)40(46(73)60-36(19-31-20-53-23-55-31)47(74)64-17-9-11-38(64)44(71)61-37(48(75)76)22-78-25-57-29(6)66)63-43(70)35(18-30-12-14-32(67)15-13-30)59-45(72)39(26(2)3)62-42(69)34(10-8-16-54-49(51)52)58-41(68)33(50)21-77-24-56-28(5)65/h12-15,20,23,26-27,33-40,67H,7-11,16-19,21-22,24-25,50H2,1-6H3,(H,53,55)(H,56,65)(H,57,66)(H,58,68)(H,59,72)(H,60,73)(H,61,71)(H,62,69)(H,63,70)(H,75,76)(H4,51,52,54)/t27-,33-,34-,35-,36-,37-,38-,39-,40-/m0/s1. The van der Waals surface area contributed by atoms with E-state index in [2.05, 4.69) is 57.5 Å². The van der Waals surface area contributed by atoms with Crippen molar-refractivity contribution in [3.05, 3.63) is 48.0 Å². The van der Waals surface area contributed by atoms with Crippen molar-refractivity contribution in [2.24, 2.45) is 34.0 Å². The number of phenols is 1. The zero-order chi connectivity index (χ0) is 58.1. The van der Waals surface area contributed by atoms with E-state index >= 15 is 0 Å². The number of nitrogens with one attached hydrogen (secondary N) is 9. The number of carbonyl (C=O) groups excluding carboxylic acids is 9. The van der Waals surface area contributed by atoms with Gasteiger partial charge >= 0.3 is 5.97 Å². The number of aromatic hydroxyl groups is 1. The molecule has 1 fully saturated rings. The third-order valence-electron chi connectivity index (χ3n) is 12.4. The van der Waals surface area contributed by atoms with Crippen LogP contribution in [0.5, 0.6) is 5.75 Å². The van der Waals surface area contributed by atoms with E-state index in [1.54, 1.807) is 27.7 Å². The lowest BCUT2D eigenvalue weighted by molar-refractivity contribution is -0.144. The van der Waals surface area contributed by atoms with Crippen molar-refractivity contribution in [1.82, 2.24) is 57.4 Å². The van der Waals surface area contributed by atoms with E-state index in [0.717, 1.165) is 11.8 Å². The number of carboxylic acid groups (broad SMARTS) is 1. The van der Waals surface area contributed by atoms with Gasteiger partial charge in [0.15, 0.2) is 5.96 Å². The number of likely N-dealkylation sites (tertiary alicyclic amines) is 1. The van der Waals surface area contributed by atoms with Gasteiger partial charge in [0.1, 0.15) is 48.0 Å². The van der Waals surface area contributed by atoms with Gasteiger partial charge in [-0.25, -0.2) is 9.78 Å². The van der Waals surface area contributed by atoms with Crippen LogP contribution in [0.3, 0.4) is 0 Å². The summed E-state index contributed by atoms with van der Waals surface area (Å²) in [6, 6.07) is -4.25. The van der Waals surface area contributed by atoms with Gasteiger partial charge in [-0.2, -0.15) is 0 Å². The van der Waals surface area contributed by atoms with Gasteiger partial charge in [0.25, 0.3) is 0 Å². The molecule has 27 nitrogen and oxygen atoms in total. The van der Waals surface area contributed by atoms with Gasteiger partial charge in [-0.3, -0.25) is 48.1 Å². The second-order valence-corrected chi connectivity index (χ2v) is 21.1. The molecule has 1 saturated heterocycles. The molecule has 0 radical (unpaired) electrons. The summed E-state index contributed by atoms with van der Waals surface area (Å²) in [5.41, 5.74) is 18.0. The Hall–Kier alpha value is -7.14. The number of nitrogens with two attached hydrogens (primary N) is 3. The Labute approximate surface area is 461 Å². The van der Waals surface area contributed by atoms with Crippen LogP contribution in [0.2, 0.25) is 0 Å². The minimum absolute atomic E-state index is 0.0231. The van der Waals surface area contributed by atoms with Crippen LogP contribution in [0.15, 0.2) is 41.8 Å². The van der Waals surface area contributed by atoms with Crippen LogP contribution in [0.25, 0.3) is 0 Å². The first-order valence-electron chi connectivity index (χ1n) is 25.5. The average molecular weight is 1130 g/mol. The molecule has 0 unspecified atom stereocenters. The number of H-pyrrole nitrogens is 1. The van der Waals surface area contributed by atoms with Crippen molar-refractivity contribution < 1.29 is 58.2 Å². The molecule has 9 atom stereocenters. The van der Waals surface area contributed by atoms with Crippen molar-refractivity contribution >= 4 is 88.6 Å². The summed E-state index contributed by atoms with van der Waals surface area (Å²) in [7, 11) is 0. The van der Waals surface area contributed by atoms with E-state index in [4.69, 9.17) is 17.2 Å². The lowest BCUT2D eigenvalue weighted by atomic mass is 9.96. The lowest BCUT2D eigenvalue weighted by Crippen LogP contribution is -2.62. The van der Waals surface area contributed by atoms with Crippen LogP contribution in [0.4, 0.5) is 0 Å². The average Bonchev–Trinajstić information content (AvgIpc) is 4.10. The highest BCUT2D eigenvalue weighted by molar-refractivity contribution is 7.99. The number of carbonyl (C=O) groups is 10. The van der Waals surface area contributed by atoms with E-state index in [-0.39, 0.29) is 92.0 Å². The molecular weight excluding hydrogens is 1050 g/mol. The molecule has 2 aromatic rings. The summed E-state index contributed by atoms with van der Waals surface area (Å²) in [5.74, 6) is -8.21. The first kappa shape index (κ1) is 65.1. The van der Waals surface area contributed by atoms with Crippen LogP contribution in [0.1, 0.15) is 84.9 Å². The number of nitrogens with zero attached hydrogens (tertiary/aromatic N) is 3. The van der Waals surface area contributed by atoms with Gasteiger partial charge in [0.2, 0.25) is 53.2 Å². The highest BCUT2D eigenvalue weighted by Crippen LogP contribution is 2.21. The second-order valence-electron chi connectivity index (χ2n) is 19.1. The van der Waals surface area contributed by atoms with Crippen LogP contribution in [0, 0.1) is 11.8 Å². The van der Waals surface area contributed by atoms with Gasteiger partial charge in [0.05, 0.1) is 24.1 Å². The largest absolute Gasteiger partial charge is 0.508 e. The van der Waals surface area contributed by atoms with Gasteiger partial charge in [-0.15, -0.1) is 23.5 Å². The minimum atomic E-state index is -1.41. The number of imidazole rings is 1. The number of thioether (sulfide) groups is 2. The SMILES string of the molecule is CC[C@H](C)[C@H](NC(=O)[C@H](Cc1ccc(O)cc1)NC(=O)[C@@H](NC(=O)[C@H](CCCN=C(N)N)NC(=O)[C@@H](N)CSCNC(C)=O)C(C)C)C(=O)N[C@@H](Cc1cnc[nH]1)C(=O)N1CCC[C@H]1C(=O)N[C@@H](CSCNC(C)=O)C(=O)O. The van der Waals surface area contributed by atoms with E-state index < -0.39 is 107 Å². The van der Waals surface area contributed by atoms with Crippen LogP contribution in [-0.4, -0.2) is 175 Å². The molecule has 1 aliphatic rings. The maximum atomic E-state index is 14.6. The first-order valence-corrected chi connectivity index (χ1v) is 27.8. The zero-order valence-electron chi connectivity index (χ0n) is 44.8. The number of guanidine groups is 1. The monoisotopic (exact) mass is 1130 g/mol. The first-order chi connectivity index (χ1) is 36.9. The van der Waals surface area contributed by atoms with Crippen molar-refractivity contribution in [3.8, 4) is 5.75 Å². The quantitative estimate of drug-likeness (QED) is 0.0154. The van der Waals surface area contributed by atoms with Gasteiger partial charge in [0, 0.05) is 63.2 Å². The molecule has 1 aromatic heterocycles. The van der Waals surface area contributed by atoms with Gasteiger partial charge in [-0.05, 0) is 55.2 Å². The molecule has 29 heteroatoms. The number of hydrogen-bond donors (Lipinski definition) is 14. The van der Waals surface area contributed by atoms with Gasteiger partial charge < -0.3 is 79.8 Å². The molecule has 0 bridgehead atoms. The Kier molecular flexibility index (Phi) is 27.7. The number of phenolic OH excluding ortho intramolecular Hbond substituents is 1. The fourth-order valence-corrected chi connectivity index (χ4v) is 9.61. The molecule has 17 N–H and O–H groups in total. The fraction of sp³-hybridized carbons (Fsp3) is 0.592. The van der Waals surface area contributed by atoms with Crippen molar-refractivity contribution in [3.63, 3.8) is 0 Å². The second kappa shape index (κ2) is 33.2. The molecular formula is C49H77N15O12S2. The molecule has 3 rings (SSSR count). The lowest BCUT2D eigenvalue weighted by Gasteiger charge is -2.32. The number of carboxylic acids is 1. The van der Waals surface area contributed by atoms with E-state index in [1.165, 1.54) is 67.3 Å². The van der Waals surface area contributed by atoms with Crippen molar-refractivity contribution in [2.75, 3.05) is 36.3 Å². The Morgan fingerprint density at radius 3 is 1.94 bits per heavy atom. The molecule has 2 heterocycles. The summed E-state index contributed by atoms with van der Waals surface area (Å²) in [4.78, 5) is 146. The summed E-state index contributed by atoms with van der Waals surface area (Å²) < 4.78 is 0. The summed E-state index contributed by atoms with van der Waals surface area (Å²) in [6.07, 6.45) is 3.73. The van der Waals surface area contributed by atoms with Crippen LogP contribution < -0.4 is 59.7 Å². The smallest absolute Gasteiger partial charge is 0.327 e. The third-order valence-corrected chi connectivity index (χ3v) is 14.3. The number of aromatic nitrogens is 2. The molecule has 1 aliphatic heterocycles. The minimum Gasteiger partial charge on any atom is -0.508 e. The zero-order valence-corrected chi connectivity index (χ0v) is 46.4. The predicted octanol–water partition coefficient (Wildman–Crippen LogP) is -2.38. The van der Waals surface area contributed by atoms with Gasteiger partial charge in [-0.1, -0.05) is 46.2 Å². The number of hydrogen-bond acceptors (Lipinski definition) is 16. The van der Waals surface area contributed by atoms with Crippen LogP contribution in [-0.2, 0) is 60.8 Å². The predicted molar refractivity (Wildman–Crippen MR) is 293 cm³/mol. The molecule has 1 aromatic carbocycles. The Morgan fingerprint density at radius 2 is 1.36 bits per heavy atom. The maximum absolute atomic E-state index is 14.6. The number of aromatic amines is 1. The number of benzene rings is 1. The normalized spacial score (nSPS) is 16.1. The van der Waals surface area contributed by atoms with Crippen LogP contribution >= 0.6 is 23.5 Å². The summed E-state index contributed by atoms with van der Waals surface area (Å²) >= 11 is 2.27. The summed E-state index contributed by atoms with van der Waals surface area (Å²) in [6.45, 7) is 9.65. The molecule has 0 spiro atoms. The number of rotatable bonds is 33. The third kappa shape index (κ3) is 22.4. The number of aliphatic imine (C=N–C) groups is 1. The molecule has 0 aliphatic carbocycles. The Morgan fingerprint density at radius 1 is 0.769 bits per heavy atom. The highest BCUT2D eigenvalue weighted by atomic mass is 32.2. The fourth-order valence-electron chi connectivity index (χ4n) is 7.90. The number of aliphatic carboxylic acids is 1. The topological polar surface area (TPSA) is 430 Å². The van der Waals surface area contributed by atoms with E-state index in [1.807, 2.05) is 0 Å². The van der Waals surface area contributed by atoms with Crippen molar-refractivity contribution in [1.29, 1.82) is 0 Å². The molecule has 78 heavy (non-hydrogen) atoms. The van der Waals surface area contributed by atoms with Crippen molar-refractivity contribution in [2.45, 2.75) is 135 Å². The maximum Gasteiger partial charge on any atom is 0.327 e. The highest BCUT2D eigenvalue weighted by Gasteiger charge is 2.41. The molecule has 9 amide bonds. The molecule has 0 saturated carbocycles. The Bertz CT molecular complexity index is 2380. The van der Waals surface area contributed by atoms with E-state index in [9.17, 15) is 58.2 Å². The Balaban J connectivity index is 1.90. The summed E-state index contributed by atoms with van der Waals surface area (Å²) in [5, 5.41) is 41.2. The molecule has 432 valence electrons. The van der Waals surface area contributed by atoms with E-state index in [0.29, 0.717) is 24.1 Å².